The molecule has 4 N–H and O–H groups in total. The van der Waals surface area contributed by atoms with E-state index in [1.54, 1.807) is 13.8 Å². The van der Waals surface area contributed by atoms with E-state index < -0.39 is 51.4 Å². The molecule has 0 aromatic heterocycles. The zero-order valence-electron chi connectivity index (χ0n) is 14.8. The van der Waals surface area contributed by atoms with Crippen molar-refractivity contribution in [1.82, 2.24) is 10.0 Å². The molecule has 2 amide bonds. The topological polar surface area (TPSA) is 128 Å². The molecule has 1 aromatic rings. The van der Waals surface area contributed by atoms with Crippen LogP contribution in [0.2, 0.25) is 0 Å². The molecule has 0 bridgehead atoms. The molecular weight excluding hydrogens is 471 g/mol. The van der Waals surface area contributed by atoms with E-state index >= 15 is 0 Å². The number of carbonyl (C=O) groups is 2. The average molecular weight is 490 g/mol. The Hall–Kier alpha value is -1.86. The molecule has 0 radical (unpaired) electrons. The first-order chi connectivity index (χ1) is 12.7. The molecule has 0 spiro atoms. The third kappa shape index (κ3) is 8.02. The van der Waals surface area contributed by atoms with Crippen LogP contribution in [0.15, 0.2) is 27.6 Å². The molecule has 0 heterocycles. The Bertz CT molecular complexity index is 831. The maximum Gasteiger partial charge on any atom is 0.573 e. The van der Waals surface area contributed by atoms with E-state index in [4.69, 9.17) is 5.73 Å². The molecule has 0 aliphatic carbocycles. The lowest BCUT2D eigenvalue weighted by Gasteiger charge is -2.18. The lowest BCUT2D eigenvalue weighted by Crippen LogP contribution is -2.48. The van der Waals surface area contributed by atoms with Gasteiger partial charge in [-0.1, -0.05) is 29.8 Å². The van der Waals surface area contributed by atoms with E-state index in [9.17, 15) is 31.2 Å². The van der Waals surface area contributed by atoms with E-state index in [-0.39, 0.29) is 16.8 Å². The number of rotatable bonds is 9. The Labute approximate surface area is 168 Å². The summed E-state index contributed by atoms with van der Waals surface area (Å²) in [5.74, 6) is -2.61. The van der Waals surface area contributed by atoms with Gasteiger partial charge in [0.1, 0.15) is 10.9 Å². The Kier molecular flexibility index (Phi) is 8.26. The van der Waals surface area contributed by atoms with E-state index in [0.29, 0.717) is 0 Å². The number of hydrogen-bond acceptors (Lipinski definition) is 5. The van der Waals surface area contributed by atoms with Crippen molar-refractivity contribution in [2.24, 2.45) is 11.7 Å². The normalized spacial score (nSPS) is 13.2. The summed E-state index contributed by atoms with van der Waals surface area (Å²) in [5, 5.41) is 2.27. The van der Waals surface area contributed by atoms with Gasteiger partial charge in [0.2, 0.25) is 21.8 Å². The number of sulfonamides is 1. The summed E-state index contributed by atoms with van der Waals surface area (Å²) in [6.07, 6.45) is -4.88. The molecule has 1 unspecified atom stereocenters. The SMILES string of the molecule is CC(C)CC(NC(=O)CNS(=O)(=O)c1ccc(Br)cc1OC(F)(F)F)C(N)=O. The van der Waals surface area contributed by atoms with E-state index in [1.165, 1.54) is 6.07 Å². The summed E-state index contributed by atoms with van der Waals surface area (Å²) >= 11 is 2.92. The lowest BCUT2D eigenvalue weighted by atomic mass is 10.0. The number of alkyl halides is 3. The van der Waals surface area contributed by atoms with Crippen LogP contribution in [0.25, 0.3) is 0 Å². The summed E-state index contributed by atoms with van der Waals surface area (Å²) in [6.45, 7) is 2.77. The van der Waals surface area contributed by atoms with Crippen molar-refractivity contribution in [1.29, 1.82) is 0 Å². The van der Waals surface area contributed by atoms with Crippen molar-refractivity contribution >= 4 is 37.8 Å². The van der Waals surface area contributed by atoms with Crippen LogP contribution in [0.5, 0.6) is 5.75 Å². The summed E-state index contributed by atoms with van der Waals surface area (Å²) in [4.78, 5) is 22.5. The van der Waals surface area contributed by atoms with Crippen LogP contribution in [-0.4, -0.2) is 39.2 Å². The number of ether oxygens (including phenoxy) is 1. The standard InChI is InChI=1S/C15H19BrF3N3O5S/c1-8(2)5-10(14(20)24)22-13(23)7-21-28(25,26)12-4-3-9(16)6-11(12)27-15(17,18)19/h3-4,6,8,10,21H,5,7H2,1-2H3,(H2,20,24)(H,22,23). The highest BCUT2D eigenvalue weighted by molar-refractivity contribution is 9.10. The fraction of sp³-hybridized carbons (Fsp3) is 0.467. The monoisotopic (exact) mass is 489 g/mol. The molecule has 1 rings (SSSR count). The largest absolute Gasteiger partial charge is 0.573 e. The Balaban J connectivity index is 2.92. The lowest BCUT2D eigenvalue weighted by molar-refractivity contribution is -0.275. The number of halogens is 4. The second-order valence-electron chi connectivity index (χ2n) is 6.12. The molecule has 1 aromatic carbocycles. The molecule has 0 saturated carbocycles. The van der Waals surface area contributed by atoms with Gasteiger partial charge >= 0.3 is 6.36 Å². The molecule has 0 aliphatic heterocycles. The second-order valence-corrected chi connectivity index (χ2v) is 8.77. The van der Waals surface area contributed by atoms with Crippen molar-refractivity contribution < 1.29 is 35.9 Å². The van der Waals surface area contributed by atoms with Gasteiger partial charge in [0.15, 0.2) is 5.75 Å². The van der Waals surface area contributed by atoms with Crippen LogP contribution in [0, 0.1) is 5.92 Å². The van der Waals surface area contributed by atoms with E-state index in [1.807, 2.05) is 4.72 Å². The number of nitrogens with one attached hydrogen (secondary N) is 2. The van der Waals surface area contributed by atoms with Crippen LogP contribution in [0.4, 0.5) is 13.2 Å². The molecule has 28 heavy (non-hydrogen) atoms. The molecule has 13 heteroatoms. The van der Waals surface area contributed by atoms with E-state index in [2.05, 4.69) is 26.0 Å². The van der Waals surface area contributed by atoms with Crippen LogP contribution in [0.1, 0.15) is 20.3 Å². The van der Waals surface area contributed by atoms with Crippen LogP contribution < -0.4 is 20.5 Å². The van der Waals surface area contributed by atoms with Crippen molar-refractivity contribution in [2.45, 2.75) is 37.6 Å². The zero-order chi connectivity index (χ0) is 21.7. The van der Waals surface area contributed by atoms with Gasteiger partial charge < -0.3 is 15.8 Å². The van der Waals surface area contributed by atoms with Gasteiger partial charge in [0, 0.05) is 4.47 Å². The zero-order valence-corrected chi connectivity index (χ0v) is 17.2. The molecule has 0 fully saturated rings. The third-order valence-corrected chi connectivity index (χ3v) is 5.16. The number of hydrogen-bond donors (Lipinski definition) is 3. The highest BCUT2D eigenvalue weighted by Gasteiger charge is 2.34. The Morgan fingerprint density at radius 1 is 1.29 bits per heavy atom. The average Bonchev–Trinajstić information content (AvgIpc) is 2.50. The Morgan fingerprint density at radius 3 is 2.39 bits per heavy atom. The van der Waals surface area contributed by atoms with Gasteiger partial charge in [0.25, 0.3) is 0 Å². The smallest absolute Gasteiger partial charge is 0.404 e. The van der Waals surface area contributed by atoms with E-state index in [0.717, 1.165) is 12.1 Å². The fourth-order valence-electron chi connectivity index (χ4n) is 2.11. The van der Waals surface area contributed by atoms with Crippen molar-refractivity contribution in [3.63, 3.8) is 0 Å². The van der Waals surface area contributed by atoms with Crippen LogP contribution >= 0.6 is 15.9 Å². The van der Waals surface area contributed by atoms with Crippen molar-refractivity contribution in [3.05, 3.63) is 22.7 Å². The first-order valence-corrected chi connectivity index (χ1v) is 10.1. The number of nitrogens with two attached hydrogens (primary N) is 1. The quantitative estimate of drug-likeness (QED) is 0.485. The van der Waals surface area contributed by atoms with Gasteiger partial charge in [-0.3, -0.25) is 9.59 Å². The summed E-state index contributed by atoms with van der Waals surface area (Å²) in [7, 11) is -4.53. The minimum Gasteiger partial charge on any atom is -0.404 e. The number of benzene rings is 1. The maximum absolute atomic E-state index is 12.5. The molecule has 0 aliphatic rings. The predicted molar refractivity (Wildman–Crippen MR) is 96.6 cm³/mol. The molecule has 1 atom stereocenters. The van der Waals surface area contributed by atoms with Gasteiger partial charge in [-0.25, -0.2) is 13.1 Å². The second kappa shape index (κ2) is 9.56. The summed E-state index contributed by atoms with van der Waals surface area (Å²) in [5.41, 5.74) is 5.18. The van der Waals surface area contributed by atoms with Crippen molar-refractivity contribution in [3.8, 4) is 5.75 Å². The highest BCUT2D eigenvalue weighted by Crippen LogP contribution is 2.32. The molecular formula is C15H19BrF3N3O5S. The van der Waals surface area contributed by atoms with Crippen LogP contribution in [0.3, 0.4) is 0 Å². The van der Waals surface area contributed by atoms with Gasteiger partial charge in [0.05, 0.1) is 6.54 Å². The minimum absolute atomic E-state index is 0.0272. The van der Waals surface area contributed by atoms with Crippen LogP contribution in [-0.2, 0) is 19.6 Å². The number of primary amides is 1. The highest BCUT2D eigenvalue weighted by atomic mass is 79.9. The fourth-order valence-corrected chi connectivity index (χ4v) is 3.54. The van der Waals surface area contributed by atoms with Crippen molar-refractivity contribution in [2.75, 3.05) is 6.54 Å². The summed E-state index contributed by atoms with van der Waals surface area (Å²) < 4.78 is 67.9. The number of carbonyl (C=O) groups excluding carboxylic acids is 2. The maximum atomic E-state index is 12.5. The minimum atomic E-state index is -5.12. The van der Waals surface area contributed by atoms with Gasteiger partial charge in [-0.15, -0.1) is 13.2 Å². The van der Waals surface area contributed by atoms with Gasteiger partial charge in [-0.05, 0) is 30.5 Å². The summed E-state index contributed by atoms with van der Waals surface area (Å²) in [6, 6.07) is 1.90. The van der Waals surface area contributed by atoms with Gasteiger partial charge in [-0.2, -0.15) is 0 Å². The first kappa shape index (κ1) is 24.2. The Morgan fingerprint density at radius 2 is 1.89 bits per heavy atom. The first-order valence-electron chi connectivity index (χ1n) is 7.85. The molecule has 8 nitrogen and oxygen atoms in total. The molecule has 0 saturated heterocycles. The predicted octanol–water partition coefficient (Wildman–Crippen LogP) is 1.64. The third-order valence-electron chi connectivity index (χ3n) is 3.23. The number of amides is 2. The molecule has 158 valence electrons.